The van der Waals surface area contributed by atoms with Gasteiger partial charge in [0.15, 0.2) is 0 Å². The Bertz CT molecular complexity index is 517. The summed E-state index contributed by atoms with van der Waals surface area (Å²) in [6.07, 6.45) is 1.46. The van der Waals surface area contributed by atoms with E-state index in [4.69, 9.17) is 4.74 Å². The summed E-state index contributed by atoms with van der Waals surface area (Å²) in [4.78, 5) is 11.3. The SMILES string of the molecule is CCOC(=O)Nc1cn(C)c2ccccc12. The van der Waals surface area contributed by atoms with Gasteiger partial charge in [-0.1, -0.05) is 18.2 Å². The normalized spacial score (nSPS) is 10.4. The van der Waals surface area contributed by atoms with Crippen LogP contribution in [0.15, 0.2) is 30.5 Å². The van der Waals surface area contributed by atoms with Gasteiger partial charge in [-0.15, -0.1) is 0 Å². The molecule has 84 valence electrons. The Kier molecular flexibility index (Phi) is 2.81. The van der Waals surface area contributed by atoms with Gasteiger partial charge in [0.05, 0.1) is 12.3 Å². The zero-order valence-corrected chi connectivity index (χ0v) is 9.36. The molecule has 1 heterocycles. The third kappa shape index (κ3) is 1.86. The van der Waals surface area contributed by atoms with Gasteiger partial charge in [-0.2, -0.15) is 0 Å². The lowest BCUT2D eigenvalue weighted by Crippen LogP contribution is -2.12. The lowest BCUT2D eigenvalue weighted by molar-refractivity contribution is 0.168. The third-order valence-electron chi connectivity index (χ3n) is 2.41. The topological polar surface area (TPSA) is 43.3 Å². The molecular weight excluding hydrogens is 204 g/mol. The number of nitrogens with zero attached hydrogens (tertiary/aromatic N) is 1. The molecule has 1 amide bonds. The third-order valence-corrected chi connectivity index (χ3v) is 2.41. The van der Waals surface area contributed by atoms with E-state index < -0.39 is 6.09 Å². The van der Waals surface area contributed by atoms with Crippen LogP contribution in [0.3, 0.4) is 0 Å². The Balaban J connectivity index is 2.34. The van der Waals surface area contributed by atoms with Crippen LogP contribution in [0, 0.1) is 0 Å². The first-order chi connectivity index (χ1) is 7.72. The molecule has 0 aliphatic carbocycles. The van der Waals surface area contributed by atoms with Crippen LogP contribution in [0.2, 0.25) is 0 Å². The monoisotopic (exact) mass is 218 g/mol. The highest BCUT2D eigenvalue weighted by atomic mass is 16.5. The molecule has 4 nitrogen and oxygen atoms in total. The van der Waals surface area contributed by atoms with Crippen molar-refractivity contribution >= 4 is 22.7 Å². The number of benzene rings is 1. The second-order valence-electron chi connectivity index (χ2n) is 3.52. The predicted octanol–water partition coefficient (Wildman–Crippen LogP) is 2.75. The number of anilines is 1. The highest BCUT2D eigenvalue weighted by Gasteiger charge is 2.08. The van der Waals surface area contributed by atoms with Crippen molar-refractivity contribution in [3.8, 4) is 0 Å². The maximum absolute atomic E-state index is 11.3. The summed E-state index contributed by atoms with van der Waals surface area (Å²) in [7, 11) is 1.94. The maximum Gasteiger partial charge on any atom is 0.411 e. The predicted molar refractivity (Wildman–Crippen MR) is 63.6 cm³/mol. The van der Waals surface area contributed by atoms with E-state index >= 15 is 0 Å². The Morgan fingerprint density at radius 1 is 1.44 bits per heavy atom. The van der Waals surface area contributed by atoms with Gasteiger partial charge >= 0.3 is 6.09 Å². The number of nitrogens with one attached hydrogen (secondary N) is 1. The van der Waals surface area contributed by atoms with E-state index in [1.54, 1.807) is 6.92 Å². The standard InChI is InChI=1S/C12H14N2O2/c1-3-16-12(15)13-10-8-14(2)11-7-5-4-6-9(10)11/h4-8H,3H2,1-2H3,(H,13,15). The van der Waals surface area contributed by atoms with Gasteiger partial charge in [0.2, 0.25) is 0 Å². The number of para-hydroxylation sites is 1. The van der Waals surface area contributed by atoms with Crippen LogP contribution in [0.5, 0.6) is 0 Å². The van der Waals surface area contributed by atoms with Gasteiger partial charge in [0, 0.05) is 24.1 Å². The number of hydrogen-bond donors (Lipinski definition) is 1. The Labute approximate surface area is 93.8 Å². The van der Waals surface area contributed by atoms with E-state index in [0.29, 0.717) is 6.61 Å². The van der Waals surface area contributed by atoms with Gasteiger partial charge in [-0.3, -0.25) is 5.32 Å². The van der Waals surface area contributed by atoms with Gasteiger partial charge in [0.1, 0.15) is 0 Å². The van der Waals surface area contributed by atoms with Gasteiger partial charge in [-0.05, 0) is 13.0 Å². The fraction of sp³-hybridized carbons (Fsp3) is 0.250. The quantitative estimate of drug-likeness (QED) is 0.842. The van der Waals surface area contributed by atoms with Crippen LogP contribution in [-0.2, 0) is 11.8 Å². The van der Waals surface area contributed by atoms with Gasteiger partial charge in [0.25, 0.3) is 0 Å². The Hall–Kier alpha value is -1.97. The summed E-state index contributed by atoms with van der Waals surface area (Å²) in [6, 6.07) is 7.89. The first kappa shape index (κ1) is 10.5. The molecule has 0 aliphatic rings. The van der Waals surface area contributed by atoms with Crippen molar-refractivity contribution in [2.24, 2.45) is 7.05 Å². The average Bonchev–Trinajstić information content (AvgIpc) is 2.57. The molecule has 0 atom stereocenters. The second kappa shape index (κ2) is 4.26. The molecule has 2 aromatic rings. The summed E-state index contributed by atoms with van der Waals surface area (Å²) in [5, 5.41) is 3.74. The number of carbonyl (C=O) groups excluding carboxylic acids is 1. The van der Waals surface area contributed by atoms with Crippen LogP contribution in [0.4, 0.5) is 10.5 Å². The van der Waals surface area contributed by atoms with E-state index in [2.05, 4.69) is 5.32 Å². The van der Waals surface area contributed by atoms with Crippen LogP contribution < -0.4 is 5.32 Å². The molecule has 0 fully saturated rings. The van der Waals surface area contributed by atoms with Crippen molar-refractivity contribution in [2.45, 2.75) is 6.92 Å². The lowest BCUT2D eigenvalue weighted by Gasteiger charge is -2.02. The largest absolute Gasteiger partial charge is 0.450 e. The molecule has 1 aromatic heterocycles. The molecule has 0 radical (unpaired) electrons. The Morgan fingerprint density at radius 2 is 2.19 bits per heavy atom. The van der Waals surface area contributed by atoms with E-state index in [1.165, 1.54) is 0 Å². The van der Waals surface area contributed by atoms with E-state index in [9.17, 15) is 4.79 Å². The molecule has 1 N–H and O–H groups in total. The van der Waals surface area contributed by atoms with Crippen molar-refractivity contribution < 1.29 is 9.53 Å². The molecule has 0 saturated carbocycles. The summed E-state index contributed by atoms with van der Waals surface area (Å²) in [5.74, 6) is 0. The molecule has 0 spiro atoms. The average molecular weight is 218 g/mol. The fourth-order valence-electron chi connectivity index (χ4n) is 1.72. The molecule has 16 heavy (non-hydrogen) atoms. The number of aromatic nitrogens is 1. The van der Waals surface area contributed by atoms with E-state index in [0.717, 1.165) is 16.6 Å². The molecule has 0 aliphatic heterocycles. The first-order valence-corrected chi connectivity index (χ1v) is 5.20. The van der Waals surface area contributed by atoms with Crippen LogP contribution >= 0.6 is 0 Å². The van der Waals surface area contributed by atoms with Crippen LogP contribution in [0.25, 0.3) is 10.9 Å². The van der Waals surface area contributed by atoms with Crippen molar-refractivity contribution in [3.63, 3.8) is 0 Å². The minimum atomic E-state index is -0.418. The van der Waals surface area contributed by atoms with E-state index in [1.807, 2.05) is 42.1 Å². The smallest absolute Gasteiger partial charge is 0.411 e. The lowest BCUT2D eigenvalue weighted by atomic mass is 10.2. The van der Waals surface area contributed by atoms with Crippen molar-refractivity contribution in [2.75, 3.05) is 11.9 Å². The highest BCUT2D eigenvalue weighted by Crippen LogP contribution is 2.24. The van der Waals surface area contributed by atoms with Crippen molar-refractivity contribution in [1.29, 1.82) is 0 Å². The summed E-state index contributed by atoms with van der Waals surface area (Å²) < 4.78 is 6.81. The molecule has 0 unspecified atom stereocenters. The maximum atomic E-state index is 11.3. The summed E-state index contributed by atoms with van der Waals surface area (Å²) >= 11 is 0. The number of ether oxygens (including phenoxy) is 1. The van der Waals surface area contributed by atoms with Crippen LogP contribution in [0.1, 0.15) is 6.92 Å². The number of aryl methyl sites for hydroxylation is 1. The van der Waals surface area contributed by atoms with Crippen molar-refractivity contribution in [3.05, 3.63) is 30.5 Å². The van der Waals surface area contributed by atoms with Crippen LogP contribution in [-0.4, -0.2) is 17.3 Å². The van der Waals surface area contributed by atoms with Crippen molar-refractivity contribution in [1.82, 2.24) is 4.57 Å². The minimum absolute atomic E-state index is 0.372. The molecule has 1 aromatic carbocycles. The minimum Gasteiger partial charge on any atom is -0.450 e. The number of hydrogen-bond acceptors (Lipinski definition) is 2. The number of fused-ring (bicyclic) bond motifs is 1. The second-order valence-corrected chi connectivity index (χ2v) is 3.52. The zero-order valence-electron chi connectivity index (χ0n) is 9.36. The number of carbonyl (C=O) groups is 1. The molecule has 4 heteroatoms. The summed E-state index contributed by atoms with van der Waals surface area (Å²) in [6.45, 7) is 2.15. The van der Waals surface area contributed by atoms with E-state index in [-0.39, 0.29) is 0 Å². The highest BCUT2D eigenvalue weighted by molar-refractivity contribution is 5.99. The molecule has 2 rings (SSSR count). The fourth-order valence-corrected chi connectivity index (χ4v) is 1.72. The zero-order chi connectivity index (χ0) is 11.5. The molecule has 0 saturated heterocycles. The van der Waals surface area contributed by atoms with Gasteiger partial charge in [-0.25, -0.2) is 4.79 Å². The number of amides is 1. The van der Waals surface area contributed by atoms with Gasteiger partial charge < -0.3 is 9.30 Å². The first-order valence-electron chi connectivity index (χ1n) is 5.20. The summed E-state index contributed by atoms with van der Waals surface area (Å²) in [5.41, 5.74) is 1.85. The molecular formula is C12H14N2O2. The Morgan fingerprint density at radius 3 is 2.94 bits per heavy atom. The number of rotatable bonds is 2. The molecule has 0 bridgehead atoms.